The summed E-state index contributed by atoms with van der Waals surface area (Å²) in [4.78, 5) is 17.3. The number of nitrogens with zero attached hydrogens (tertiary/aromatic N) is 2. The first kappa shape index (κ1) is 25.1. The molecule has 1 aromatic carbocycles. The fourth-order valence-corrected chi connectivity index (χ4v) is 6.18. The van der Waals surface area contributed by atoms with E-state index in [0.717, 1.165) is 43.9 Å². The summed E-state index contributed by atoms with van der Waals surface area (Å²) in [7, 11) is 3.39. The van der Waals surface area contributed by atoms with Crippen LogP contribution in [0.15, 0.2) is 12.1 Å². The molecular formula is C27H42N2O5. The highest BCUT2D eigenvalue weighted by Gasteiger charge is 2.40. The molecule has 190 valence electrons. The molecule has 0 spiro atoms. The first-order valence-corrected chi connectivity index (χ1v) is 12.8. The van der Waals surface area contributed by atoms with Crippen LogP contribution in [0.2, 0.25) is 0 Å². The van der Waals surface area contributed by atoms with Gasteiger partial charge in [0.25, 0.3) is 0 Å². The Kier molecular flexibility index (Phi) is 7.93. The normalized spacial score (nSPS) is 29.4. The monoisotopic (exact) mass is 474 g/mol. The molecule has 1 aromatic rings. The van der Waals surface area contributed by atoms with E-state index < -0.39 is 0 Å². The number of fused-ring (bicyclic) bond motifs is 3. The molecule has 3 unspecified atom stereocenters. The minimum atomic E-state index is -0.205. The second kappa shape index (κ2) is 10.7. The number of morpholine rings is 1. The Morgan fingerprint density at radius 3 is 2.38 bits per heavy atom. The van der Waals surface area contributed by atoms with Crippen LogP contribution in [0, 0.1) is 17.8 Å². The molecule has 34 heavy (non-hydrogen) atoms. The zero-order chi connectivity index (χ0) is 24.4. The molecule has 5 atom stereocenters. The van der Waals surface area contributed by atoms with Gasteiger partial charge in [0, 0.05) is 19.1 Å². The van der Waals surface area contributed by atoms with Crippen molar-refractivity contribution in [3.63, 3.8) is 0 Å². The van der Waals surface area contributed by atoms with Crippen LogP contribution in [0.4, 0.5) is 4.79 Å². The minimum absolute atomic E-state index is 0.0407. The van der Waals surface area contributed by atoms with Gasteiger partial charge in [0.15, 0.2) is 11.5 Å². The molecule has 1 amide bonds. The van der Waals surface area contributed by atoms with Gasteiger partial charge in [-0.2, -0.15) is 0 Å². The highest BCUT2D eigenvalue weighted by Crippen LogP contribution is 2.45. The van der Waals surface area contributed by atoms with E-state index in [1.807, 2.05) is 13.8 Å². The third-order valence-corrected chi connectivity index (χ3v) is 7.65. The Labute approximate surface area is 204 Å². The van der Waals surface area contributed by atoms with E-state index in [0.29, 0.717) is 43.5 Å². The first-order valence-electron chi connectivity index (χ1n) is 12.8. The molecule has 0 aromatic heterocycles. The number of carbonyl (C=O) groups is 1. The number of carbonyl (C=O) groups excluding carboxylic acids is 1. The van der Waals surface area contributed by atoms with Crippen molar-refractivity contribution in [1.29, 1.82) is 0 Å². The van der Waals surface area contributed by atoms with Gasteiger partial charge in [0.2, 0.25) is 0 Å². The number of hydrogen-bond donors (Lipinski definition) is 0. The SMILES string of the molecule is COc1cc2c(cc1OC)C1CC(COC(=O)N3C[C@@H](C)O[C@@H](C)C3)C(CC(C)C)CN1CC2. The summed E-state index contributed by atoms with van der Waals surface area (Å²) < 4.78 is 22.9. The maximum atomic E-state index is 12.9. The van der Waals surface area contributed by atoms with E-state index in [9.17, 15) is 4.79 Å². The van der Waals surface area contributed by atoms with Crippen LogP contribution in [0.5, 0.6) is 11.5 Å². The van der Waals surface area contributed by atoms with Crippen LogP contribution in [-0.4, -0.2) is 75.1 Å². The lowest BCUT2D eigenvalue weighted by Gasteiger charge is -2.47. The zero-order valence-electron chi connectivity index (χ0n) is 21.7. The molecule has 7 nitrogen and oxygen atoms in total. The van der Waals surface area contributed by atoms with E-state index in [4.69, 9.17) is 18.9 Å². The molecular weight excluding hydrogens is 432 g/mol. The Hall–Kier alpha value is -1.99. The summed E-state index contributed by atoms with van der Waals surface area (Å²) in [6.07, 6.45) is 3.04. The maximum absolute atomic E-state index is 12.9. The van der Waals surface area contributed by atoms with Crippen LogP contribution in [0.25, 0.3) is 0 Å². The summed E-state index contributed by atoms with van der Waals surface area (Å²) >= 11 is 0. The van der Waals surface area contributed by atoms with Crippen LogP contribution in [0.3, 0.4) is 0 Å². The van der Waals surface area contributed by atoms with Gasteiger partial charge >= 0.3 is 6.09 Å². The van der Waals surface area contributed by atoms with Gasteiger partial charge in [0.05, 0.1) is 46.1 Å². The molecule has 3 aliphatic heterocycles. The molecule has 0 aliphatic carbocycles. The Morgan fingerprint density at radius 1 is 1.06 bits per heavy atom. The molecule has 7 heteroatoms. The molecule has 3 aliphatic rings. The number of piperidine rings is 1. The van der Waals surface area contributed by atoms with E-state index >= 15 is 0 Å². The van der Waals surface area contributed by atoms with Crippen molar-refractivity contribution < 1.29 is 23.7 Å². The molecule has 0 N–H and O–H groups in total. The van der Waals surface area contributed by atoms with Crippen molar-refractivity contribution in [2.45, 2.75) is 65.2 Å². The van der Waals surface area contributed by atoms with Crippen molar-refractivity contribution in [2.75, 3.05) is 47.0 Å². The quantitative estimate of drug-likeness (QED) is 0.604. The lowest BCUT2D eigenvalue weighted by Crippen LogP contribution is -2.50. The number of rotatable bonds is 6. The Morgan fingerprint density at radius 2 is 1.74 bits per heavy atom. The van der Waals surface area contributed by atoms with Crippen molar-refractivity contribution in [3.05, 3.63) is 23.3 Å². The van der Waals surface area contributed by atoms with Gasteiger partial charge in [0.1, 0.15) is 0 Å². The second-order valence-corrected chi connectivity index (χ2v) is 10.8. The fourth-order valence-electron chi connectivity index (χ4n) is 6.18. The van der Waals surface area contributed by atoms with Gasteiger partial charge in [-0.15, -0.1) is 0 Å². The third-order valence-electron chi connectivity index (χ3n) is 7.65. The Bertz CT molecular complexity index is 850. The molecule has 3 heterocycles. The van der Waals surface area contributed by atoms with Gasteiger partial charge in [-0.25, -0.2) is 4.79 Å². The highest BCUT2D eigenvalue weighted by molar-refractivity contribution is 5.67. The highest BCUT2D eigenvalue weighted by atomic mass is 16.6. The largest absolute Gasteiger partial charge is 0.493 e. The lowest BCUT2D eigenvalue weighted by atomic mass is 9.74. The zero-order valence-corrected chi connectivity index (χ0v) is 21.7. The topological polar surface area (TPSA) is 60.5 Å². The van der Waals surface area contributed by atoms with Gasteiger partial charge in [-0.05, 0) is 74.1 Å². The Balaban J connectivity index is 1.50. The van der Waals surface area contributed by atoms with Gasteiger partial charge < -0.3 is 23.8 Å². The maximum Gasteiger partial charge on any atom is 0.409 e. The van der Waals surface area contributed by atoms with Crippen LogP contribution >= 0.6 is 0 Å². The molecule has 4 rings (SSSR count). The van der Waals surface area contributed by atoms with Crippen molar-refractivity contribution in [3.8, 4) is 11.5 Å². The average Bonchev–Trinajstić information content (AvgIpc) is 2.80. The minimum Gasteiger partial charge on any atom is -0.493 e. The lowest BCUT2D eigenvalue weighted by molar-refractivity contribution is -0.0674. The third kappa shape index (κ3) is 5.46. The van der Waals surface area contributed by atoms with Crippen LogP contribution in [-0.2, 0) is 15.9 Å². The predicted molar refractivity (Wildman–Crippen MR) is 132 cm³/mol. The van der Waals surface area contributed by atoms with Gasteiger partial charge in [-0.1, -0.05) is 13.8 Å². The van der Waals surface area contributed by atoms with E-state index in [-0.39, 0.29) is 18.3 Å². The van der Waals surface area contributed by atoms with Crippen LogP contribution in [0.1, 0.15) is 57.7 Å². The number of amides is 1. The van der Waals surface area contributed by atoms with E-state index in [1.54, 1.807) is 19.1 Å². The fraction of sp³-hybridized carbons (Fsp3) is 0.741. The van der Waals surface area contributed by atoms with E-state index in [1.165, 1.54) is 11.1 Å². The number of benzene rings is 1. The molecule has 0 saturated carbocycles. The predicted octanol–water partition coefficient (Wildman–Crippen LogP) is 4.53. The molecule has 2 fully saturated rings. The first-order chi connectivity index (χ1) is 16.3. The number of hydrogen-bond acceptors (Lipinski definition) is 6. The van der Waals surface area contributed by atoms with Crippen molar-refractivity contribution >= 4 is 6.09 Å². The number of methoxy groups -OCH3 is 2. The molecule has 0 bridgehead atoms. The summed E-state index contributed by atoms with van der Waals surface area (Å²) in [5.41, 5.74) is 2.67. The summed E-state index contributed by atoms with van der Waals surface area (Å²) in [5, 5.41) is 0. The smallest absolute Gasteiger partial charge is 0.409 e. The van der Waals surface area contributed by atoms with Crippen LogP contribution < -0.4 is 9.47 Å². The number of ether oxygens (including phenoxy) is 4. The molecule has 2 saturated heterocycles. The average molecular weight is 475 g/mol. The van der Waals surface area contributed by atoms with Gasteiger partial charge in [-0.3, -0.25) is 4.90 Å². The standard InChI is InChI=1S/C27H42N2O5/c1-17(2)9-21-15-28-8-7-20-11-25(31-5)26(32-6)12-23(20)24(28)10-22(21)16-33-27(30)29-13-18(3)34-19(4)14-29/h11-12,17-19,21-22,24H,7-10,13-16H2,1-6H3/t18-,19+,21?,22?,24?. The summed E-state index contributed by atoms with van der Waals surface area (Å²) in [6, 6.07) is 4.62. The summed E-state index contributed by atoms with van der Waals surface area (Å²) in [5.74, 6) is 3.05. The van der Waals surface area contributed by atoms with Crippen molar-refractivity contribution in [1.82, 2.24) is 9.80 Å². The summed E-state index contributed by atoms with van der Waals surface area (Å²) in [6.45, 7) is 12.3. The molecule has 0 radical (unpaired) electrons. The van der Waals surface area contributed by atoms with Crippen molar-refractivity contribution in [2.24, 2.45) is 17.8 Å². The van der Waals surface area contributed by atoms with E-state index in [2.05, 4.69) is 30.9 Å². The second-order valence-electron chi connectivity index (χ2n) is 10.8.